The minimum absolute atomic E-state index is 0.0263. The van der Waals surface area contributed by atoms with Gasteiger partial charge in [0.25, 0.3) is 5.69 Å². The summed E-state index contributed by atoms with van der Waals surface area (Å²) >= 11 is 3.30. The van der Waals surface area contributed by atoms with E-state index in [1.807, 2.05) is 0 Å². The van der Waals surface area contributed by atoms with E-state index in [1.54, 1.807) is 6.07 Å². The standard InChI is InChI=1S/C10H10BrN3O3/c11-8-3-2-7(14(16)17)6-9(8)13-5-1-4-12-10(13)15/h2-3,6H,1,4-5H2,(H,12,15). The smallest absolute Gasteiger partial charge is 0.321 e. The van der Waals surface area contributed by atoms with E-state index in [2.05, 4.69) is 21.2 Å². The van der Waals surface area contributed by atoms with Crippen molar-refractivity contribution in [3.05, 3.63) is 32.8 Å². The lowest BCUT2D eigenvalue weighted by Gasteiger charge is -2.28. The fraction of sp³-hybridized carbons (Fsp3) is 0.300. The second kappa shape index (κ2) is 4.70. The Bertz CT molecular complexity index is 478. The molecule has 1 aromatic carbocycles. The van der Waals surface area contributed by atoms with Crippen molar-refractivity contribution in [2.75, 3.05) is 18.0 Å². The zero-order valence-electron chi connectivity index (χ0n) is 8.85. The van der Waals surface area contributed by atoms with E-state index in [9.17, 15) is 14.9 Å². The number of carbonyl (C=O) groups excluding carboxylic acids is 1. The SMILES string of the molecule is O=C1NCCCN1c1cc([N+](=O)[O-])ccc1Br. The minimum atomic E-state index is -0.474. The number of nitrogens with one attached hydrogen (secondary N) is 1. The molecule has 0 unspecified atom stereocenters. The van der Waals surface area contributed by atoms with Gasteiger partial charge in [0.1, 0.15) is 0 Å². The van der Waals surface area contributed by atoms with Crippen molar-refractivity contribution in [3.8, 4) is 0 Å². The van der Waals surface area contributed by atoms with Gasteiger partial charge in [-0.15, -0.1) is 0 Å². The van der Waals surface area contributed by atoms with Crippen LogP contribution < -0.4 is 10.2 Å². The molecule has 0 aliphatic carbocycles. The average molecular weight is 300 g/mol. The molecule has 0 aromatic heterocycles. The summed E-state index contributed by atoms with van der Waals surface area (Å²) in [6.45, 7) is 1.20. The van der Waals surface area contributed by atoms with Crippen molar-refractivity contribution in [3.63, 3.8) is 0 Å². The summed E-state index contributed by atoms with van der Waals surface area (Å²) in [6, 6.07) is 4.15. The first-order valence-corrected chi connectivity index (χ1v) is 5.88. The van der Waals surface area contributed by atoms with E-state index in [0.717, 1.165) is 6.42 Å². The van der Waals surface area contributed by atoms with Gasteiger partial charge < -0.3 is 5.32 Å². The largest absolute Gasteiger partial charge is 0.338 e. The Morgan fingerprint density at radius 3 is 2.88 bits per heavy atom. The lowest BCUT2D eigenvalue weighted by molar-refractivity contribution is -0.384. The van der Waals surface area contributed by atoms with Crippen LogP contribution in [0.2, 0.25) is 0 Å². The third-order valence-electron chi connectivity index (χ3n) is 2.51. The summed E-state index contributed by atoms with van der Waals surface area (Å²) in [6.07, 6.45) is 0.820. The Morgan fingerprint density at radius 2 is 2.24 bits per heavy atom. The van der Waals surface area contributed by atoms with Gasteiger partial charge in [0.2, 0.25) is 0 Å². The van der Waals surface area contributed by atoms with Crippen LogP contribution in [0.25, 0.3) is 0 Å². The molecule has 6 nitrogen and oxygen atoms in total. The number of nitrogens with zero attached hydrogens (tertiary/aromatic N) is 2. The molecule has 0 atom stereocenters. The maximum atomic E-state index is 11.7. The topological polar surface area (TPSA) is 75.5 Å². The highest BCUT2D eigenvalue weighted by molar-refractivity contribution is 9.10. The number of anilines is 1. The Kier molecular flexibility index (Phi) is 3.28. The molecule has 1 aromatic rings. The van der Waals surface area contributed by atoms with Crippen molar-refractivity contribution >= 4 is 33.3 Å². The van der Waals surface area contributed by atoms with Gasteiger partial charge in [0.15, 0.2) is 0 Å². The first-order chi connectivity index (χ1) is 8.09. The molecule has 1 N–H and O–H groups in total. The zero-order valence-corrected chi connectivity index (χ0v) is 10.4. The van der Waals surface area contributed by atoms with Crippen LogP contribution in [0.3, 0.4) is 0 Å². The van der Waals surface area contributed by atoms with E-state index < -0.39 is 4.92 Å². The zero-order chi connectivity index (χ0) is 12.4. The molecule has 1 saturated heterocycles. The van der Waals surface area contributed by atoms with Gasteiger partial charge in [0, 0.05) is 29.7 Å². The third-order valence-corrected chi connectivity index (χ3v) is 3.18. The number of benzene rings is 1. The van der Waals surface area contributed by atoms with Crippen LogP contribution in [-0.4, -0.2) is 24.0 Å². The van der Waals surface area contributed by atoms with Crippen LogP contribution in [0.15, 0.2) is 22.7 Å². The Labute approximate surface area is 106 Å². The predicted octanol–water partition coefficient (Wildman–Crippen LogP) is 2.28. The second-order valence-corrected chi connectivity index (χ2v) is 4.48. The summed E-state index contributed by atoms with van der Waals surface area (Å²) in [5.74, 6) is 0. The number of hydrogen-bond acceptors (Lipinski definition) is 3. The first-order valence-electron chi connectivity index (χ1n) is 5.09. The van der Waals surface area contributed by atoms with E-state index in [0.29, 0.717) is 23.2 Å². The number of nitro groups is 1. The third kappa shape index (κ3) is 2.38. The van der Waals surface area contributed by atoms with E-state index in [-0.39, 0.29) is 11.7 Å². The number of non-ortho nitro benzene ring substituents is 1. The Hall–Kier alpha value is -1.63. The molecule has 0 bridgehead atoms. The first kappa shape index (κ1) is 11.8. The molecule has 1 aliphatic heterocycles. The maximum Gasteiger partial charge on any atom is 0.321 e. The van der Waals surface area contributed by atoms with Gasteiger partial charge in [0.05, 0.1) is 10.6 Å². The van der Waals surface area contributed by atoms with E-state index in [4.69, 9.17) is 0 Å². The van der Waals surface area contributed by atoms with Crippen LogP contribution in [0.5, 0.6) is 0 Å². The highest BCUT2D eigenvalue weighted by Gasteiger charge is 2.23. The highest BCUT2D eigenvalue weighted by Crippen LogP contribution is 2.31. The Balaban J connectivity index is 2.39. The number of urea groups is 1. The lowest BCUT2D eigenvalue weighted by Crippen LogP contribution is -2.46. The molecular formula is C10H10BrN3O3. The van der Waals surface area contributed by atoms with Crippen LogP contribution in [0.1, 0.15) is 6.42 Å². The van der Waals surface area contributed by atoms with Crippen molar-refractivity contribution in [1.82, 2.24) is 5.32 Å². The number of rotatable bonds is 2. The number of carbonyl (C=O) groups is 1. The normalized spacial score (nSPS) is 15.6. The fourth-order valence-electron chi connectivity index (χ4n) is 1.68. The summed E-state index contributed by atoms with van der Waals surface area (Å²) in [7, 11) is 0. The molecule has 1 fully saturated rings. The van der Waals surface area contributed by atoms with Gasteiger partial charge in [-0.05, 0) is 28.4 Å². The van der Waals surface area contributed by atoms with E-state index in [1.165, 1.54) is 17.0 Å². The highest BCUT2D eigenvalue weighted by atomic mass is 79.9. The number of hydrogen-bond donors (Lipinski definition) is 1. The molecule has 17 heavy (non-hydrogen) atoms. The molecule has 1 heterocycles. The molecule has 0 saturated carbocycles. The summed E-state index contributed by atoms with van der Waals surface area (Å²) in [5.41, 5.74) is 0.498. The van der Waals surface area contributed by atoms with Gasteiger partial charge in [-0.2, -0.15) is 0 Å². The summed E-state index contributed by atoms with van der Waals surface area (Å²) < 4.78 is 0.667. The number of nitro benzene ring substituents is 1. The predicted molar refractivity (Wildman–Crippen MR) is 66.2 cm³/mol. The van der Waals surface area contributed by atoms with Crippen LogP contribution in [0.4, 0.5) is 16.2 Å². The average Bonchev–Trinajstić information content (AvgIpc) is 2.30. The molecule has 1 aliphatic rings. The molecule has 0 spiro atoms. The summed E-state index contributed by atoms with van der Waals surface area (Å²) in [4.78, 5) is 23.4. The summed E-state index contributed by atoms with van der Waals surface area (Å²) in [5, 5.41) is 13.4. The molecular weight excluding hydrogens is 290 g/mol. The van der Waals surface area contributed by atoms with Crippen molar-refractivity contribution in [1.29, 1.82) is 0 Å². The van der Waals surface area contributed by atoms with Gasteiger partial charge in [-0.1, -0.05) is 0 Å². The molecule has 2 amide bonds. The number of halogens is 1. The van der Waals surface area contributed by atoms with Crippen LogP contribution >= 0.6 is 15.9 Å². The molecule has 90 valence electrons. The molecule has 2 rings (SSSR count). The minimum Gasteiger partial charge on any atom is -0.338 e. The van der Waals surface area contributed by atoms with E-state index >= 15 is 0 Å². The van der Waals surface area contributed by atoms with Crippen molar-refractivity contribution < 1.29 is 9.72 Å². The maximum absolute atomic E-state index is 11.7. The number of amides is 2. The van der Waals surface area contributed by atoms with Crippen LogP contribution in [-0.2, 0) is 0 Å². The second-order valence-electron chi connectivity index (χ2n) is 3.63. The van der Waals surface area contributed by atoms with Crippen molar-refractivity contribution in [2.24, 2.45) is 0 Å². The van der Waals surface area contributed by atoms with Crippen LogP contribution in [0, 0.1) is 10.1 Å². The van der Waals surface area contributed by atoms with Gasteiger partial charge >= 0.3 is 6.03 Å². The monoisotopic (exact) mass is 299 g/mol. The fourth-order valence-corrected chi connectivity index (χ4v) is 2.14. The molecule has 7 heteroatoms. The van der Waals surface area contributed by atoms with Gasteiger partial charge in [-0.3, -0.25) is 15.0 Å². The lowest BCUT2D eigenvalue weighted by atomic mass is 10.2. The Morgan fingerprint density at radius 1 is 1.47 bits per heavy atom. The van der Waals surface area contributed by atoms with Crippen molar-refractivity contribution in [2.45, 2.75) is 6.42 Å². The van der Waals surface area contributed by atoms with Gasteiger partial charge in [-0.25, -0.2) is 4.79 Å². The quantitative estimate of drug-likeness (QED) is 0.672. The molecule has 0 radical (unpaired) electrons.